The number of carbonyl (C=O) groups is 3. The number of benzene rings is 2. The third kappa shape index (κ3) is 6.42. The van der Waals surface area contributed by atoms with E-state index in [1.165, 1.54) is 30.5 Å². The number of hydrogen-bond donors (Lipinski definition) is 2. The predicted octanol–water partition coefficient (Wildman–Crippen LogP) is 4.52. The van der Waals surface area contributed by atoms with Gasteiger partial charge in [0.2, 0.25) is 0 Å². The molecule has 0 radical (unpaired) electrons. The monoisotopic (exact) mass is 533 g/mol. The van der Waals surface area contributed by atoms with Crippen molar-refractivity contribution in [1.82, 2.24) is 10.7 Å². The molecule has 1 aliphatic heterocycles. The van der Waals surface area contributed by atoms with Gasteiger partial charge in [0, 0.05) is 29.0 Å². The normalized spacial score (nSPS) is 18.5. The molecular weight excluding hydrogens is 501 g/mol. The molecule has 0 fully saturated rings. The van der Waals surface area contributed by atoms with Crippen LogP contribution in [0.25, 0.3) is 0 Å². The Labute approximate surface area is 227 Å². The maximum absolute atomic E-state index is 13.5. The van der Waals surface area contributed by atoms with Crippen LogP contribution >= 0.6 is 0 Å². The maximum atomic E-state index is 13.5. The number of amides is 1. The lowest BCUT2D eigenvalue weighted by Gasteiger charge is -2.39. The van der Waals surface area contributed by atoms with Gasteiger partial charge in [0.25, 0.3) is 5.91 Å². The van der Waals surface area contributed by atoms with Crippen LogP contribution in [-0.4, -0.2) is 37.1 Å². The van der Waals surface area contributed by atoms with Crippen molar-refractivity contribution < 1.29 is 28.2 Å². The number of dihydropyridines is 1. The number of nitrogens with zero attached hydrogens (tertiary/aromatic N) is 1. The second-order valence-electron chi connectivity index (χ2n) is 10.3. The van der Waals surface area contributed by atoms with E-state index in [2.05, 4.69) is 15.8 Å². The number of esters is 1. The van der Waals surface area contributed by atoms with Gasteiger partial charge in [0.15, 0.2) is 12.4 Å². The van der Waals surface area contributed by atoms with E-state index < -0.39 is 17.8 Å². The van der Waals surface area contributed by atoms with Crippen LogP contribution in [0.3, 0.4) is 0 Å². The molecule has 4 rings (SSSR count). The Morgan fingerprint density at radius 2 is 1.87 bits per heavy atom. The number of carbonyl (C=O) groups excluding carboxylic acids is 3. The number of ether oxygens (including phenoxy) is 2. The van der Waals surface area contributed by atoms with Gasteiger partial charge >= 0.3 is 5.97 Å². The van der Waals surface area contributed by atoms with E-state index in [4.69, 9.17) is 9.47 Å². The van der Waals surface area contributed by atoms with E-state index in [1.54, 1.807) is 38.1 Å². The van der Waals surface area contributed by atoms with Crippen LogP contribution < -0.4 is 15.5 Å². The summed E-state index contributed by atoms with van der Waals surface area (Å²) in [4.78, 5) is 39.1. The summed E-state index contributed by atoms with van der Waals surface area (Å²) in [7, 11) is 0. The molecule has 2 aromatic rings. The van der Waals surface area contributed by atoms with Crippen LogP contribution in [0.5, 0.6) is 5.75 Å². The van der Waals surface area contributed by atoms with Gasteiger partial charge in [0.05, 0.1) is 24.3 Å². The number of halogens is 1. The van der Waals surface area contributed by atoms with Crippen LogP contribution in [0.4, 0.5) is 4.39 Å². The number of para-hydroxylation sites is 1. The predicted molar refractivity (Wildman–Crippen MR) is 144 cm³/mol. The van der Waals surface area contributed by atoms with E-state index in [-0.39, 0.29) is 30.2 Å². The largest absolute Gasteiger partial charge is 0.483 e. The van der Waals surface area contributed by atoms with E-state index >= 15 is 0 Å². The summed E-state index contributed by atoms with van der Waals surface area (Å²) < 4.78 is 24.3. The Hall–Kier alpha value is -4.27. The number of rotatable bonds is 8. The first-order chi connectivity index (χ1) is 18.6. The molecule has 204 valence electrons. The van der Waals surface area contributed by atoms with E-state index in [0.717, 1.165) is 5.70 Å². The molecule has 0 aromatic heterocycles. The topological polar surface area (TPSA) is 106 Å². The van der Waals surface area contributed by atoms with Gasteiger partial charge in [-0.1, -0.05) is 44.2 Å². The second kappa shape index (κ2) is 11.6. The van der Waals surface area contributed by atoms with Gasteiger partial charge < -0.3 is 14.8 Å². The van der Waals surface area contributed by atoms with E-state index in [1.807, 2.05) is 13.8 Å². The molecule has 2 aromatic carbocycles. The summed E-state index contributed by atoms with van der Waals surface area (Å²) in [6.07, 6.45) is 2.38. The lowest BCUT2D eigenvalue weighted by molar-refractivity contribution is -0.139. The Kier molecular flexibility index (Phi) is 8.28. The highest BCUT2D eigenvalue weighted by Crippen LogP contribution is 2.48. The molecular formula is C30H32FN3O5. The van der Waals surface area contributed by atoms with Crippen molar-refractivity contribution >= 4 is 23.9 Å². The molecule has 1 heterocycles. The number of hydrogen-bond acceptors (Lipinski definition) is 7. The summed E-state index contributed by atoms with van der Waals surface area (Å²) in [5.41, 5.74) is 5.63. The molecule has 8 nitrogen and oxygen atoms in total. The maximum Gasteiger partial charge on any atom is 0.336 e. The van der Waals surface area contributed by atoms with Crippen LogP contribution in [0.2, 0.25) is 0 Å². The highest BCUT2D eigenvalue weighted by molar-refractivity contribution is 6.04. The quantitative estimate of drug-likeness (QED) is 0.294. The first kappa shape index (κ1) is 27.8. The van der Waals surface area contributed by atoms with E-state index in [0.29, 0.717) is 46.6 Å². The zero-order valence-electron chi connectivity index (χ0n) is 22.5. The molecule has 0 bridgehead atoms. The van der Waals surface area contributed by atoms with Gasteiger partial charge in [-0.2, -0.15) is 5.10 Å². The average molecular weight is 534 g/mol. The van der Waals surface area contributed by atoms with Gasteiger partial charge in [-0.25, -0.2) is 14.6 Å². The molecule has 9 heteroatoms. The zero-order valence-corrected chi connectivity index (χ0v) is 22.5. The van der Waals surface area contributed by atoms with Crippen molar-refractivity contribution in [2.24, 2.45) is 10.5 Å². The highest BCUT2D eigenvalue weighted by Gasteiger charge is 2.44. The molecule has 39 heavy (non-hydrogen) atoms. The number of hydrazone groups is 1. The van der Waals surface area contributed by atoms with Crippen molar-refractivity contribution in [2.45, 2.75) is 46.5 Å². The first-order valence-electron chi connectivity index (χ1n) is 12.8. The SMILES string of the molecule is CCOC(=O)C1=C(C)NC2=C(C(=O)CC(C)(C)C2)C1c1ccccc1OCC(=O)NN=Cc1ccc(F)cc1. The third-order valence-corrected chi connectivity index (χ3v) is 6.60. The second-order valence-corrected chi connectivity index (χ2v) is 10.3. The number of ketones is 1. The standard InChI is InChI=1S/C30H32FN3O5/c1-5-38-29(37)26-18(2)33-22-14-30(3,4)15-23(35)28(22)27(26)21-8-6-7-9-24(21)39-17-25(36)34-32-16-19-10-12-20(31)13-11-19/h6-13,16,27,33H,5,14-15,17H2,1-4H3,(H,34,36). The fraction of sp³-hybridized carbons (Fsp3) is 0.333. The van der Waals surface area contributed by atoms with Gasteiger partial charge in [0.1, 0.15) is 11.6 Å². The number of nitrogens with one attached hydrogen (secondary N) is 2. The van der Waals surface area contributed by atoms with Crippen molar-refractivity contribution in [3.05, 3.63) is 88.0 Å². The molecule has 1 atom stereocenters. The molecule has 0 spiro atoms. The molecule has 1 amide bonds. The van der Waals surface area contributed by atoms with Crippen LogP contribution in [0.1, 0.15) is 57.6 Å². The molecule has 1 unspecified atom stereocenters. The molecule has 0 saturated heterocycles. The molecule has 2 N–H and O–H groups in total. The summed E-state index contributed by atoms with van der Waals surface area (Å²) in [6.45, 7) is 7.44. The minimum Gasteiger partial charge on any atom is -0.483 e. The molecule has 2 aliphatic rings. The van der Waals surface area contributed by atoms with Crippen molar-refractivity contribution in [1.29, 1.82) is 0 Å². The zero-order chi connectivity index (χ0) is 28.2. The van der Waals surface area contributed by atoms with Gasteiger partial charge in [-0.05, 0) is 49.4 Å². The molecule has 1 aliphatic carbocycles. The summed E-state index contributed by atoms with van der Waals surface area (Å²) in [6, 6.07) is 12.7. The Morgan fingerprint density at radius 1 is 1.15 bits per heavy atom. The Bertz CT molecular complexity index is 1380. The summed E-state index contributed by atoms with van der Waals surface area (Å²) in [5, 5.41) is 7.18. The van der Waals surface area contributed by atoms with E-state index in [9.17, 15) is 18.8 Å². The fourth-order valence-electron chi connectivity index (χ4n) is 4.98. The lowest BCUT2D eigenvalue weighted by Crippen LogP contribution is -2.38. The summed E-state index contributed by atoms with van der Waals surface area (Å²) in [5.74, 6) is -1.79. The average Bonchev–Trinajstić information content (AvgIpc) is 2.87. The smallest absolute Gasteiger partial charge is 0.336 e. The minimum atomic E-state index is -0.709. The fourth-order valence-corrected chi connectivity index (χ4v) is 4.98. The number of Topliss-reactive ketones (excluding diaryl/α,β-unsaturated/α-hetero) is 1. The minimum absolute atomic E-state index is 0.0456. The van der Waals surface area contributed by atoms with Crippen LogP contribution in [0, 0.1) is 11.2 Å². The third-order valence-electron chi connectivity index (χ3n) is 6.60. The van der Waals surface area contributed by atoms with Crippen LogP contribution in [0.15, 0.2) is 76.2 Å². The lowest BCUT2D eigenvalue weighted by atomic mass is 9.68. The summed E-state index contributed by atoms with van der Waals surface area (Å²) >= 11 is 0. The van der Waals surface area contributed by atoms with Crippen molar-refractivity contribution in [3.63, 3.8) is 0 Å². The van der Waals surface area contributed by atoms with Crippen molar-refractivity contribution in [3.8, 4) is 5.75 Å². The highest BCUT2D eigenvalue weighted by atomic mass is 19.1. The van der Waals surface area contributed by atoms with Crippen LogP contribution in [-0.2, 0) is 19.1 Å². The molecule has 0 saturated carbocycles. The van der Waals surface area contributed by atoms with Gasteiger partial charge in [-0.15, -0.1) is 0 Å². The van der Waals surface area contributed by atoms with Crippen molar-refractivity contribution in [2.75, 3.05) is 13.2 Å². The first-order valence-corrected chi connectivity index (χ1v) is 12.8. The Morgan fingerprint density at radius 3 is 2.59 bits per heavy atom. The Balaban J connectivity index is 1.61. The number of allylic oxidation sites excluding steroid dienone is 3. The van der Waals surface area contributed by atoms with Gasteiger partial charge in [-0.3, -0.25) is 9.59 Å².